The molecule has 0 amide bonds. The number of benzene rings is 1. The summed E-state index contributed by atoms with van der Waals surface area (Å²) < 4.78 is 1.31. The lowest BCUT2D eigenvalue weighted by Gasteiger charge is -2.15. The Labute approximate surface area is 93.1 Å². The monoisotopic (exact) mass is 287 g/mol. The molecule has 2 heteroatoms. The summed E-state index contributed by atoms with van der Waals surface area (Å²) >= 11 is 2.34. The van der Waals surface area contributed by atoms with Crippen LogP contribution in [-0.4, -0.2) is 6.54 Å². The molecular formula is C11H14IN. The van der Waals surface area contributed by atoms with Crippen molar-refractivity contribution in [3.05, 3.63) is 33.4 Å². The minimum Gasteiger partial charge on any atom is -0.310 e. The Balaban J connectivity index is 2.20. The molecule has 70 valence electrons. The quantitative estimate of drug-likeness (QED) is 0.783. The zero-order valence-corrected chi connectivity index (χ0v) is 9.91. The Kier molecular flexibility index (Phi) is 2.89. The molecule has 1 aliphatic rings. The van der Waals surface area contributed by atoms with Crippen LogP contribution in [0.1, 0.15) is 24.9 Å². The number of hydrogen-bond donors (Lipinski definition) is 1. The third-order valence-corrected chi connectivity index (χ3v) is 3.48. The fraction of sp³-hybridized carbons (Fsp3) is 0.455. The summed E-state index contributed by atoms with van der Waals surface area (Å²) in [7, 11) is 0. The van der Waals surface area contributed by atoms with Gasteiger partial charge in [0.2, 0.25) is 0 Å². The second-order valence-corrected chi connectivity index (χ2v) is 4.99. The number of rotatable bonds is 1. The van der Waals surface area contributed by atoms with Gasteiger partial charge >= 0.3 is 0 Å². The lowest BCUT2D eigenvalue weighted by atomic mass is 9.96. The summed E-state index contributed by atoms with van der Waals surface area (Å²) in [5.74, 6) is 0.778. The molecule has 2 atom stereocenters. The van der Waals surface area contributed by atoms with Crippen LogP contribution >= 0.6 is 22.6 Å². The molecule has 1 heterocycles. The second kappa shape index (κ2) is 3.96. The molecule has 0 aromatic heterocycles. The maximum atomic E-state index is 3.54. The van der Waals surface area contributed by atoms with Crippen molar-refractivity contribution in [3.63, 3.8) is 0 Å². The van der Waals surface area contributed by atoms with E-state index < -0.39 is 0 Å². The topological polar surface area (TPSA) is 12.0 Å². The van der Waals surface area contributed by atoms with Crippen LogP contribution in [0.15, 0.2) is 24.3 Å². The highest BCUT2D eigenvalue weighted by molar-refractivity contribution is 14.1. The van der Waals surface area contributed by atoms with Crippen LogP contribution in [0.3, 0.4) is 0 Å². The summed E-state index contributed by atoms with van der Waals surface area (Å²) in [5.41, 5.74) is 1.44. The van der Waals surface area contributed by atoms with Gasteiger partial charge in [0.1, 0.15) is 0 Å². The average Bonchev–Trinajstić information content (AvgIpc) is 2.53. The van der Waals surface area contributed by atoms with Gasteiger partial charge < -0.3 is 5.32 Å². The van der Waals surface area contributed by atoms with Crippen molar-refractivity contribution < 1.29 is 0 Å². The Morgan fingerprint density at radius 3 is 2.54 bits per heavy atom. The van der Waals surface area contributed by atoms with Gasteiger partial charge in [-0.25, -0.2) is 0 Å². The van der Waals surface area contributed by atoms with Gasteiger partial charge in [-0.2, -0.15) is 0 Å². The highest BCUT2D eigenvalue weighted by Gasteiger charge is 2.23. The van der Waals surface area contributed by atoms with Gasteiger partial charge in [0.15, 0.2) is 0 Å². The molecule has 1 fully saturated rings. The third kappa shape index (κ3) is 2.05. The molecule has 0 saturated carbocycles. The van der Waals surface area contributed by atoms with Crippen LogP contribution in [0.2, 0.25) is 0 Å². The lowest BCUT2D eigenvalue weighted by Crippen LogP contribution is -2.16. The van der Waals surface area contributed by atoms with E-state index in [9.17, 15) is 0 Å². The van der Waals surface area contributed by atoms with Gasteiger partial charge in [-0.1, -0.05) is 19.1 Å². The summed E-state index contributed by atoms with van der Waals surface area (Å²) in [6.07, 6.45) is 1.30. The maximum Gasteiger partial charge on any atom is 0.0346 e. The van der Waals surface area contributed by atoms with E-state index in [1.807, 2.05) is 0 Å². The van der Waals surface area contributed by atoms with E-state index in [2.05, 4.69) is 59.1 Å². The minimum absolute atomic E-state index is 0.581. The average molecular weight is 287 g/mol. The fourth-order valence-corrected chi connectivity index (χ4v) is 2.31. The molecule has 0 radical (unpaired) electrons. The molecule has 1 aliphatic heterocycles. The van der Waals surface area contributed by atoms with Crippen molar-refractivity contribution in [3.8, 4) is 0 Å². The van der Waals surface area contributed by atoms with Gasteiger partial charge in [0, 0.05) is 9.61 Å². The predicted molar refractivity (Wildman–Crippen MR) is 63.7 cm³/mol. The van der Waals surface area contributed by atoms with E-state index in [-0.39, 0.29) is 0 Å². The summed E-state index contributed by atoms with van der Waals surface area (Å²) in [6.45, 7) is 3.49. The van der Waals surface area contributed by atoms with Crippen molar-refractivity contribution in [1.82, 2.24) is 5.32 Å². The Morgan fingerprint density at radius 2 is 2.00 bits per heavy atom. The Hall–Kier alpha value is -0.0900. The van der Waals surface area contributed by atoms with E-state index in [1.54, 1.807) is 0 Å². The van der Waals surface area contributed by atoms with E-state index >= 15 is 0 Å². The first-order valence-electron chi connectivity index (χ1n) is 4.76. The first-order chi connectivity index (χ1) is 6.27. The second-order valence-electron chi connectivity index (χ2n) is 3.75. The van der Waals surface area contributed by atoms with Crippen LogP contribution in [0, 0.1) is 9.49 Å². The van der Waals surface area contributed by atoms with Gasteiger partial charge in [0.05, 0.1) is 0 Å². The zero-order chi connectivity index (χ0) is 9.26. The highest BCUT2D eigenvalue weighted by Crippen LogP contribution is 2.28. The van der Waals surface area contributed by atoms with Crippen LogP contribution in [-0.2, 0) is 0 Å². The van der Waals surface area contributed by atoms with Gasteiger partial charge in [-0.05, 0) is 59.2 Å². The zero-order valence-electron chi connectivity index (χ0n) is 7.76. The Morgan fingerprint density at radius 1 is 1.31 bits per heavy atom. The molecule has 1 aromatic carbocycles. The van der Waals surface area contributed by atoms with E-state index in [1.165, 1.54) is 15.6 Å². The number of halogens is 1. The lowest BCUT2D eigenvalue weighted by molar-refractivity contribution is 0.504. The fourth-order valence-electron chi connectivity index (χ4n) is 1.95. The summed E-state index contributed by atoms with van der Waals surface area (Å²) in [6, 6.07) is 9.42. The van der Waals surface area contributed by atoms with Crippen LogP contribution in [0.4, 0.5) is 0 Å². The molecule has 1 aromatic rings. The Bertz CT molecular complexity index is 281. The van der Waals surface area contributed by atoms with Crippen molar-refractivity contribution in [1.29, 1.82) is 0 Å². The molecule has 1 N–H and O–H groups in total. The normalized spacial score (nSPS) is 27.8. The first-order valence-corrected chi connectivity index (χ1v) is 5.84. The molecule has 2 unspecified atom stereocenters. The largest absolute Gasteiger partial charge is 0.310 e. The maximum absolute atomic E-state index is 3.54. The summed E-state index contributed by atoms with van der Waals surface area (Å²) in [5, 5.41) is 3.54. The van der Waals surface area contributed by atoms with E-state index in [0.29, 0.717) is 6.04 Å². The SMILES string of the molecule is CC1CCNC1c1ccc(I)cc1. The van der Waals surface area contributed by atoms with Gasteiger partial charge in [0.25, 0.3) is 0 Å². The highest BCUT2D eigenvalue weighted by atomic mass is 127. The van der Waals surface area contributed by atoms with Crippen molar-refractivity contribution in [2.45, 2.75) is 19.4 Å². The molecule has 1 nitrogen and oxygen atoms in total. The third-order valence-electron chi connectivity index (χ3n) is 2.76. The molecule has 0 spiro atoms. The molecule has 2 rings (SSSR count). The van der Waals surface area contributed by atoms with Gasteiger partial charge in [-0.3, -0.25) is 0 Å². The number of hydrogen-bond acceptors (Lipinski definition) is 1. The smallest absolute Gasteiger partial charge is 0.0346 e. The van der Waals surface area contributed by atoms with E-state index in [4.69, 9.17) is 0 Å². The van der Waals surface area contributed by atoms with Crippen LogP contribution in [0.25, 0.3) is 0 Å². The van der Waals surface area contributed by atoms with Crippen LogP contribution < -0.4 is 5.32 Å². The molecule has 1 saturated heterocycles. The minimum atomic E-state index is 0.581. The van der Waals surface area contributed by atoms with Crippen molar-refractivity contribution in [2.24, 2.45) is 5.92 Å². The predicted octanol–water partition coefficient (Wildman–Crippen LogP) is 2.96. The molecule has 0 bridgehead atoms. The molecular weight excluding hydrogens is 273 g/mol. The molecule has 13 heavy (non-hydrogen) atoms. The first kappa shape index (κ1) is 9.46. The number of nitrogens with one attached hydrogen (secondary N) is 1. The molecule has 0 aliphatic carbocycles. The summed E-state index contributed by atoms with van der Waals surface area (Å²) in [4.78, 5) is 0. The van der Waals surface area contributed by atoms with Crippen molar-refractivity contribution >= 4 is 22.6 Å². The standard InChI is InChI=1S/C11H14IN/c1-8-6-7-13-11(8)9-2-4-10(12)5-3-9/h2-5,8,11,13H,6-7H2,1H3. The van der Waals surface area contributed by atoms with E-state index in [0.717, 1.165) is 12.5 Å². The van der Waals surface area contributed by atoms with Crippen LogP contribution in [0.5, 0.6) is 0 Å². The van der Waals surface area contributed by atoms with Gasteiger partial charge in [-0.15, -0.1) is 0 Å². The van der Waals surface area contributed by atoms with Crippen molar-refractivity contribution in [2.75, 3.05) is 6.54 Å².